The summed E-state index contributed by atoms with van der Waals surface area (Å²) in [5.41, 5.74) is 1.50. The average molecular weight is 189 g/mol. The first-order valence-corrected chi connectivity index (χ1v) is 4.50. The van der Waals surface area contributed by atoms with Gasteiger partial charge in [0.15, 0.2) is 6.23 Å². The quantitative estimate of drug-likeness (QED) is 0.537. The molecular weight excluding hydrogens is 178 g/mol. The molecule has 1 heterocycles. The third-order valence-corrected chi connectivity index (χ3v) is 1.97. The molecule has 0 aromatic heterocycles. The van der Waals surface area contributed by atoms with Crippen molar-refractivity contribution < 1.29 is 9.53 Å². The average Bonchev–Trinajstić information content (AvgIpc) is 2.47. The van der Waals surface area contributed by atoms with E-state index in [4.69, 9.17) is 4.74 Å². The maximum atomic E-state index is 11.2. The minimum absolute atomic E-state index is 0.225. The SMILES string of the molecule is CC1NC(=Cc2ccccc2)C(=O)O1. The van der Waals surface area contributed by atoms with Crippen LogP contribution in [-0.4, -0.2) is 12.2 Å². The molecule has 1 aromatic rings. The molecule has 0 saturated carbocycles. The Kier molecular flexibility index (Phi) is 2.23. The zero-order valence-electron chi connectivity index (χ0n) is 7.86. The first-order valence-electron chi connectivity index (χ1n) is 4.50. The molecule has 2 rings (SSSR count). The Hall–Kier alpha value is -1.77. The van der Waals surface area contributed by atoms with Gasteiger partial charge in [-0.25, -0.2) is 4.79 Å². The summed E-state index contributed by atoms with van der Waals surface area (Å²) in [6.07, 6.45) is 1.56. The summed E-state index contributed by atoms with van der Waals surface area (Å²) in [5, 5.41) is 2.94. The molecule has 0 bridgehead atoms. The maximum absolute atomic E-state index is 11.2. The highest BCUT2D eigenvalue weighted by Crippen LogP contribution is 2.12. The second kappa shape index (κ2) is 3.54. The van der Waals surface area contributed by atoms with E-state index in [0.29, 0.717) is 5.70 Å². The van der Waals surface area contributed by atoms with E-state index in [-0.39, 0.29) is 12.2 Å². The van der Waals surface area contributed by atoms with E-state index >= 15 is 0 Å². The van der Waals surface area contributed by atoms with Gasteiger partial charge in [0.25, 0.3) is 0 Å². The summed E-state index contributed by atoms with van der Waals surface area (Å²) in [6, 6.07) is 9.66. The normalized spacial score (nSPS) is 23.4. The van der Waals surface area contributed by atoms with Crippen LogP contribution in [0.25, 0.3) is 6.08 Å². The van der Waals surface area contributed by atoms with Crippen LogP contribution < -0.4 is 5.32 Å². The Labute approximate surface area is 82.4 Å². The van der Waals surface area contributed by atoms with Crippen molar-refractivity contribution in [3.05, 3.63) is 41.6 Å². The molecule has 1 N–H and O–H groups in total. The molecule has 0 radical (unpaired) electrons. The van der Waals surface area contributed by atoms with Crippen molar-refractivity contribution in [3.8, 4) is 0 Å². The van der Waals surface area contributed by atoms with Gasteiger partial charge in [-0.3, -0.25) is 0 Å². The smallest absolute Gasteiger partial charge is 0.356 e. The van der Waals surface area contributed by atoms with E-state index in [1.165, 1.54) is 0 Å². The van der Waals surface area contributed by atoms with Crippen LogP contribution in [-0.2, 0) is 9.53 Å². The van der Waals surface area contributed by atoms with Gasteiger partial charge in [-0.1, -0.05) is 30.3 Å². The number of benzene rings is 1. The monoisotopic (exact) mass is 189 g/mol. The van der Waals surface area contributed by atoms with Crippen LogP contribution in [0.5, 0.6) is 0 Å². The van der Waals surface area contributed by atoms with Gasteiger partial charge >= 0.3 is 5.97 Å². The van der Waals surface area contributed by atoms with Gasteiger partial charge in [-0.05, 0) is 18.6 Å². The second-order valence-corrected chi connectivity index (χ2v) is 3.16. The molecule has 1 fully saturated rings. The van der Waals surface area contributed by atoms with Crippen molar-refractivity contribution in [3.63, 3.8) is 0 Å². The van der Waals surface area contributed by atoms with Crippen molar-refractivity contribution in [2.24, 2.45) is 0 Å². The zero-order valence-corrected chi connectivity index (χ0v) is 7.86. The summed E-state index contributed by atoms with van der Waals surface area (Å²) in [5.74, 6) is -0.290. The lowest BCUT2D eigenvalue weighted by Gasteiger charge is -1.98. The van der Waals surface area contributed by atoms with Crippen LogP contribution in [0, 0.1) is 0 Å². The minimum Gasteiger partial charge on any atom is -0.437 e. The van der Waals surface area contributed by atoms with Gasteiger partial charge in [0.2, 0.25) is 0 Å². The van der Waals surface area contributed by atoms with E-state index in [1.807, 2.05) is 30.3 Å². The standard InChI is InChI=1S/C11H11NO2/c1-8-12-10(11(13)14-8)7-9-5-3-2-4-6-9/h2-8,12H,1H3. The number of carbonyl (C=O) groups is 1. The second-order valence-electron chi connectivity index (χ2n) is 3.16. The molecule has 3 nitrogen and oxygen atoms in total. The van der Waals surface area contributed by atoms with Gasteiger partial charge in [-0.15, -0.1) is 0 Å². The number of nitrogens with one attached hydrogen (secondary N) is 1. The largest absolute Gasteiger partial charge is 0.437 e. The molecule has 0 aliphatic carbocycles. The Balaban J connectivity index is 2.23. The fraction of sp³-hybridized carbons (Fsp3) is 0.182. The maximum Gasteiger partial charge on any atom is 0.356 e. The molecule has 1 aromatic carbocycles. The van der Waals surface area contributed by atoms with E-state index in [1.54, 1.807) is 13.0 Å². The van der Waals surface area contributed by atoms with Gasteiger partial charge in [0.1, 0.15) is 5.70 Å². The van der Waals surface area contributed by atoms with Crippen LogP contribution in [0.1, 0.15) is 12.5 Å². The molecule has 3 heteroatoms. The van der Waals surface area contributed by atoms with Crippen molar-refractivity contribution in [2.75, 3.05) is 0 Å². The van der Waals surface area contributed by atoms with Crippen LogP contribution in [0.4, 0.5) is 0 Å². The Morgan fingerprint density at radius 3 is 2.64 bits per heavy atom. The molecule has 1 aliphatic heterocycles. The lowest BCUT2D eigenvalue weighted by molar-refractivity contribution is -0.138. The van der Waals surface area contributed by atoms with Gasteiger partial charge in [0, 0.05) is 0 Å². The van der Waals surface area contributed by atoms with Crippen molar-refractivity contribution in [1.82, 2.24) is 5.32 Å². The van der Waals surface area contributed by atoms with Crippen molar-refractivity contribution >= 4 is 12.0 Å². The fourth-order valence-electron chi connectivity index (χ4n) is 1.35. The van der Waals surface area contributed by atoms with Gasteiger partial charge < -0.3 is 10.1 Å². The van der Waals surface area contributed by atoms with E-state index < -0.39 is 0 Å². The zero-order chi connectivity index (χ0) is 9.97. The van der Waals surface area contributed by atoms with Crippen molar-refractivity contribution in [2.45, 2.75) is 13.2 Å². The fourth-order valence-corrected chi connectivity index (χ4v) is 1.35. The predicted octanol–water partition coefficient (Wildman–Crippen LogP) is 1.52. The number of rotatable bonds is 1. The third-order valence-electron chi connectivity index (χ3n) is 1.97. The Bertz CT molecular complexity index is 370. The molecule has 72 valence electrons. The molecule has 1 unspecified atom stereocenters. The lowest BCUT2D eigenvalue weighted by atomic mass is 10.2. The summed E-state index contributed by atoms with van der Waals surface area (Å²) >= 11 is 0. The highest BCUT2D eigenvalue weighted by Gasteiger charge is 2.23. The number of cyclic esters (lactones) is 1. The summed E-state index contributed by atoms with van der Waals surface area (Å²) in [7, 11) is 0. The predicted molar refractivity (Wildman–Crippen MR) is 53.1 cm³/mol. The van der Waals surface area contributed by atoms with Gasteiger partial charge in [-0.2, -0.15) is 0 Å². The number of esters is 1. The number of hydrogen-bond donors (Lipinski definition) is 1. The van der Waals surface area contributed by atoms with Crippen molar-refractivity contribution in [1.29, 1.82) is 0 Å². The Morgan fingerprint density at radius 1 is 1.36 bits per heavy atom. The Morgan fingerprint density at radius 2 is 2.07 bits per heavy atom. The number of hydrogen-bond acceptors (Lipinski definition) is 3. The van der Waals surface area contributed by atoms with Crippen LogP contribution in [0.15, 0.2) is 36.0 Å². The third kappa shape index (κ3) is 1.76. The summed E-state index contributed by atoms with van der Waals surface area (Å²) in [4.78, 5) is 11.2. The topological polar surface area (TPSA) is 38.3 Å². The summed E-state index contributed by atoms with van der Waals surface area (Å²) < 4.78 is 4.93. The highest BCUT2D eigenvalue weighted by atomic mass is 16.6. The first kappa shape index (κ1) is 8.81. The highest BCUT2D eigenvalue weighted by molar-refractivity contribution is 5.94. The van der Waals surface area contributed by atoms with E-state index in [2.05, 4.69) is 5.32 Å². The number of ether oxygens (including phenoxy) is 1. The first-order chi connectivity index (χ1) is 6.75. The molecule has 1 aliphatic rings. The summed E-state index contributed by atoms with van der Waals surface area (Å²) in [6.45, 7) is 1.80. The molecular formula is C11H11NO2. The molecule has 0 spiro atoms. The molecule has 14 heavy (non-hydrogen) atoms. The van der Waals surface area contributed by atoms with E-state index in [0.717, 1.165) is 5.56 Å². The van der Waals surface area contributed by atoms with Crippen LogP contribution >= 0.6 is 0 Å². The molecule has 0 amide bonds. The lowest BCUT2D eigenvalue weighted by Crippen LogP contribution is -2.16. The molecule has 1 atom stereocenters. The van der Waals surface area contributed by atoms with E-state index in [9.17, 15) is 4.79 Å². The van der Waals surface area contributed by atoms with Crippen LogP contribution in [0.3, 0.4) is 0 Å². The number of carbonyl (C=O) groups excluding carboxylic acids is 1. The van der Waals surface area contributed by atoms with Gasteiger partial charge in [0.05, 0.1) is 0 Å². The minimum atomic E-state index is -0.290. The molecule has 1 saturated heterocycles. The van der Waals surface area contributed by atoms with Crippen LogP contribution in [0.2, 0.25) is 0 Å².